The molecule has 98 valence electrons. The van der Waals surface area contributed by atoms with Gasteiger partial charge in [0.05, 0.1) is 22.6 Å². The van der Waals surface area contributed by atoms with E-state index in [4.69, 9.17) is 22.4 Å². The van der Waals surface area contributed by atoms with Gasteiger partial charge in [-0.3, -0.25) is 5.21 Å². The first-order chi connectivity index (χ1) is 9.00. The van der Waals surface area contributed by atoms with Gasteiger partial charge in [-0.15, -0.1) is 0 Å². The molecule has 0 heterocycles. The molecular formula is C13H11ClN2O3. The number of anilines is 3. The fraction of sp³-hybridized carbons (Fsp3) is 0. The van der Waals surface area contributed by atoms with Crippen LogP contribution in [-0.2, 0) is 0 Å². The molecule has 0 aliphatic rings. The molecule has 5 nitrogen and oxygen atoms in total. The van der Waals surface area contributed by atoms with Gasteiger partial charge in [-0.1, -0.05) is 23.7 Å². The maximum atomic E-state index is 11.1. The summed E-state index contributed by atoms with van der Waals surface area (Å²) in [6.45, 7) is 0. The Bertz CT molecular complexity index is 631. The molecular weight excluding hydrogens is 268 g/mol. The van der Waals surface area contributed by atoms with Gasteiger partial charge < -0.3 is 10.8 Å². The molecule has 2 aromatic carbocycles. The number of rotatable bonds is 3. The molecule has 0 spiro atoms. The third-order valence-electron chi connectivity index (χ3n) is 2.58. The highest BCUT2D eigenvalue weighted by atomic mass is 35.5. The number of carboxylic acid groups (broad SMARTS) is 1. The van der Waals surface area contributed by atoms with E-state index in [0.29, 0.717) is 10.1 Å². The summed E-state index contributed by atoms with van der Waals surface area (Å²) < 4.78 is 0. The van der Waals surface area contributed by atoms with Crippen molar-refractivity contribution in [2.75, 3.05) is 10.8 Å². The van der Waals surface area contributed by atoms with E-state index in [1.54, 1.807) is 18.2 Å². The lowest BCUT2D eigenvalue weighted by Gasteiger charge is -2.20. The van der Waals surface area contributed by atoms with Crippen LogP contribution < -0.4 is 10.8 Å². The molecule has 0 aliphatic carbocycles. The Morgan fingerprint density at radius 3 is 2.53 bits per heavy atom. The lowest BCUT2D eigenvalue weighted by atomic mass is 10.1. The van der Waals surface area contributed by atoms with E-state index in [1.807, 2.05) is 0 Å². The highest BCUT2D eigenvalue weighted by Crippen LogP contribution is 2.32. The van der Waals surface area contributed by atoms with Gasteiger partial charge in [0.15, 0.2) is 0 Å². The molecule has 0 fully saturated rings. The van der Waals surface area contributed by atoms with Crippen molar-refractivity contribution in [3.05, 3.63) is 53.1 Å². The van der Waals surface area contributed by atoms with Gasteiger partial charge in [-0.25, -0.2) is 9.86 Å². The average molecular weight is 279 g/mol. The number of para-hydroxylation sites is 1. The number of benzene rings is 2. The van der Waals surface area contributed by atoms with Crippen LogP contribution in [0.5, 0.6) is 0 Å². The van der Waals surface area contributed by atoms with Crippen LogP contribution in [0.1, 0.15) is 10.4 Å². The Morgan fingerprint density at radius 1 is 1.16 bits per heavy atom. The second-order valence-corrected chi connectivity index (χ2v) is 4.27. The van der Waals surface area contributed by atoms with Crippen LogP contribution >= 0.6 is 11.6 Å². The minimum atomic E-state index is -1.14. The van der Waals surface area contributed by atoms with Crippen molar-refractivity contribution in [2.45, 2.75) is 0 Å². The number of carboxylic acids is 1. The van der Waals surface area contributed by atoms with Gasteiger partial charge in [0.1, 0.15) is 0 Å². The maximum Gasteiger partial charge on any atom is 0.337 e. The molecule has 0 saturated carbocycles. The molecule has 0 amide bonds. The molecule has 2 aromatic rings. The summed E-state index contributed by atoms with van der Waals surface area (Å²) in [6, 6.07) is 10.6. The molecule has 6 heteroatoms. The number of halogens is 1. The van der Waals surface area contributed by atoms with Gasteiger partial charge in [0.25, 0.3) is 0 Å². The van der Waals surface area contributed by atoms with Crippen molar-refractivity contribution in [2.24, 2.45) is 0 Å². The van der Waals surface area contributed by atoms with Gasteiger partial charge in [0.2, 0.25) is 0 Å². The summed E-state index contributed by atoms with van der Waals surface area (Å²) in [6.07, 6.45) is 0. The molecule has 0 radical (unpaired) electrons. The Hall–Kier alpha value is -2.24. The Balaban J connectivity index is 2.53. The summed E-state index contributed by atoms with van der Waals surface area (Å²) in [5.74, 6) is -1.14. The minimum Gasteiger partial charge on any atom is -0.478 e. The van der Waals surface area contributed by atoms with Crippen molar-refractivity contribution in [1.82, 2.24) is 0 Å². The second-order valence-electron chi connectivity index (χ2n) is 3.84. The van der Waals surface area contributed by atoms with Crippen LogP contribution in [0.25, 0.3) is 0 Å². The predicted molar refractivity (Wildman–Crippen MR) is 73.2 cm³/mol. The van der Waals surface area contributed by atoms with Crippen LogP contribution in [-0.4, -0.2) is 16.3 Å². The normalized spacial score (nSPS) is 10.2. The average Bonchev–Trinajstić information content (AvgIpc) is 2.40. The van der Waals surface area contributed by atoms with E-state index in [1.165, 1.54) is 24.3 Å². The number of aromatic carboxylic acids is 1. The number of hydrogen-bond acceptors (Lipinski definition) is 4. The highest BCUT2D eigenvalue weighted by Gasteiger charge is 2.17. The quantitative estimate of drug-likeness (QED) is 0.593. The molecule has 19 heavy (non-hydrogen) atoms. The van der Waals surface area contributed by atoms with Crippen LogP contribution in [0.4, 0.5) is 17.1 Å². The van der Waals surface area contributed by atoms with Crippen molar-refractivity contribution in [3.8, 4) is 0 Å². The van der Waals surface area contributed by atoms with Crippen molar-refractivity contribution in [1.29, 1.82) is 0 Å². The van der Waals surface area contributed by atoms with Gasteiger partial charge in [-0.05, 0) is 30.3 Å². The van der Waals surface area contributed by atoms with Gasteiger partial charge in [0, 0.05) is 5.02 Å². The van der Waals surface area contributed by atoms with E-state index < -0.39 is 5.97 Å². The Kier molecular flexibility index (Phi) is 3.59. The first kappa shape index (κ1) is 13.2. The third-order valence-corrected chi connectivity index (χ3v) is 2.82. The zero-order valence-corrected chi connectivity index (χ0v) is 10.5. The monoisotopic (exact) mass is 278 g/mol. The molecule has 0 unspecified atom stereocenters. The fourth-order valence-corrected chi connectivity index (χ4v) is 1.84. The third kappa shape index (κ3) is 2.62. The molecule has 0 bridgehead atoms. The zero-order valence-electron chi connectivity index (χ0n) is 9.75. The van der Waals surface area contributed by atoms with E-state index >= 15 is 0 Å². The summed E-state index contributed by atoms with van der Waals surface area (Å²) >= 11 is 5.84. The SMILES string of the molecule is Nc1ccc(Cl)cc1N(O)c1ccccc1C(=O)O. The van der Waals surface area contributed by atoms with E-state index in [0.717, 1.165) is 0 Å². The number of nitrogens with zero attached hydrogens (tertiary/aromatic N) is 1. The predicted octanol–water partition coefficient (Wildman–Crippen LogP) is 3.15. The molecule has 4 N–H and O–H groups in total. The Morgan fingerprint density at radius 2 is 1.84 bits per heavy atom. The molecule has 0 aliphatic heterocycles. The summed E-state index contributed by atoms with van der Waals surface area (Å²) in [5.41, 5.74) is 6.33. The van der Waals surface area contributed by atoms with E-state index in [2.05, 4.69) is 0 Å². The van der Waals surface area contributed by atoms with Gasteiger partial charge >= 0.3 is 5.97 Å². The van der Waals surface area contributed by atoms with Crippen molar-refractivity contribution < 1.29 is 15.1 Å². The first-order valence-electron chi connectivity index (χ1n) is 5.37. The molecule has 0 aromatic heterocycles. The zero-order chi connectivity index (χ0) is 14.0. The highest BCUT2D eigenvalue weighted by molar-refractivity contribution is 6.31. The number of hydrogen-bond donors (Lipinski definition) is 3. The number of nitrogens with two attached hydrogens (primary N) is 1. The van der Waals surface area contributed by atoms with Crippen molar-refractivity contribution >= 4 is 34.6 Å². The lowest BCUT2D eigenvalue weighted by molar-refractivity contribution is 0.0696. The summed E-state index contributed by atoms with van der Waals surface area (Å²) in [4.78, 5) is 11.1. The van der Waals surface area contributed by atoms with Crippen LogP contribution in [0, 0.1) is 0 Å². The van der Waals surface area contributed by atoms with Crippen molar-refractivity contribution in [3.63, 3.8) is 0 Å². The topological polar surface area (TPSA) is 86.8 Å². The first-order valence-corrected chi connectivity index (χ1v) is 5.75. The lowest BCUT2D eigenvalue weighted by Crippen LogP contribution is -2.16. The molecule has 0 atom stereocenters. The summed E-state index contributed by atoms with van der Waals surface area (Å²) in [7, 11) is 0. The standard InChI is InChI=1S/C13H11ClN2O3/c14-8-5-6-10(15)12(7-8)16(19)11-4-2-1-3-9(11)13(17)18/h1-7,19H,15H2,(H,17,18). The second kappa shape index (κ2) is 5.17. The van der Waals surface area contributed by atoms with E-state index in [-0.39, 0.29) is 22.6 Å². The number of carbonyl (C=O) groups is 1. The van der Waals surface area contributed by atoms with Gasteiger partial charge in [-0.2, -0.15) is 0 Å². The molecule has 0 saturated heterocycles. The minimum absolute atomic E-state index is 0.0376. The van der Waals surface area contributed by atoms with Crippen LogP contribution in [0.15, 0.2) is 42.5 Å². The molecule has 2 rings (SSSR count). The summed E-state index contributed by atoms with van der Waals surface area (Å²) in [5, 5.41) is 20.3. The Labute approximate surface area is 114 Å². The van der Waals surface area contributed by atoms with Crippen LogP contribution in [0.2, 0.25) is 5.02 Å². The smallest absolute Gasteiger partial charge is 0.337 e. The fourth-order valence-electron chi connectivity index (χ4n) is 1.67. The van der Waals surface area contributed by atoms with Crippen LogP contribution in [0.3, 0.4) is 0 Å². The van der Waals surface area contributed by atoms with E-state index in [9.17, 15) is 10.0 Å². The largest absolute Gasteiger partial charge is 0.478 e. The number of nitrogen functional groups attached to an aromatic ring is 1. The maximum absolute atomic E-state index is 11.1.